The summed E-state index contributed by atoms with van der Waals surface area (Å²) >= 11 is 0. The van der Waals surface area contributed by atoms with E-state index in [9.17, 15) is 4.79 Å². The zero-order chi connectivity index (χ0) is 15.3. The molecule has 21 heavy (non-hydrogen) atoms. The van der Waals surface area contributed by atoms with Crippen LogP contribution in [-0.2, 0) is 16.1 Å². The number of amides is 1. The molecule has 1 aromatic rings. The summed E-state index contributed by atoms with van der Waals surface area (Å²) < 4.78 is 5.59. The zero-order valence-electron chi connectivity index (χ0n) is 12.6. The third-order valence-electron chi connectivity index (χ3n) is 3.70. The molecule has 1 unspecified atom stereocenters. The van der Waals surface area contributed by atoms with Crippen molar-refractivity contribution in [2.45, 2.75) is 31.9 Å². The Bertz CT molecular complexity index is 548. The topological polar surface area (TPSA) is 49.8 Å². The van der Waals surface area contributed by atoms with E-state index in [1.165, 1.54) is 0 Å². The largest absolute Gasteiger partial charge is 0.384 e. The minimum atomic E-state index is -0.665. The van der Waals surface area contributed by atoms with Crippen molar-refractivity contribution in [1.82, 2.24) is 4.90 Å². The van der Waals surface area contributed by atoms with Crippen LogP contribution in [0.25, 0.3) is 0 Å². The first-order valence-corrected chi connectivity index (χ1v) is 7.13. The number of benzene rings is 1. The van der Waals surface area contributed by atoms with Crippen LogP contribution < -0.4 is 0 Å². The Morgan fingerprint density at radius 2 is 2.14 bits per heavy atom. The quantitative estimate of drug-likeness (QED) is 0.858. The maximum absolute atomic E-state index is 12.4. The minimum absolute atomic E-state index is 0.0316. The van der Waals surface area contributed by atoms with Crippen LogP contribution in [-0.4, -0.2) is 41.8 Å². The van der Waals surface area contributed by atoms with E-state index in [0.29, 0.717) is 13.2 Å². The van der Waals surface area contributed by atoms with Crippen LogP contribution in [0.15, 0.2) is 24.3 Å². The molecule has 0 bridgehead atoms. The Balaban J connectivity index is 1.99. The van der Waals surface area contributed by atoms with Gasteiger partial charge in [0.25, 0.3) is 5.91 Å². The molecule has 1 aromatic carbocycles. The minimum Gasteiger partial charge on any atom is -0.384 e. The third kappa shape index (κ3) is 3.84. The molecular weight excluding hydrogens is 266 g/mol. The lowest BCUT2D eigenvalue weighted by Gasteiger charge is -2.28. The van der Waals surface area contributed by atoms with E-state index in [4.69, 9.17) is 9.84 Å². The molecule has 1 fully saturated rings. The summed E-state index contributed by atoms with van der Waals surface area (Å²) in [6, 6.07) is 7.68. The number of carbonyl (C=O) groups excluding carboxylic acids is 1. The number of hydrogen-bond donors (Lipinski definition) is 1. The number of carbonyl (C=O) groups is 1. The Kier molecular flexibility index (Phi) is 5.00. The molecule has 1 atom stereocenters. The van der Waals surface area contributed by atoms with Crippen molar-refractivity contribution in [2.75, 3.05) is 20.3 Å². The van der Waals surface area contributed by atoms with Crippen LogP contribution in [0, 0.1) is 11.8 Å². The molecule has 0 aliphatic carbocycles. The normalized spacial score (nSPS) is 20.7. The lowest BCUT2D eigenvalue weighted by Crippen LogP contribution is -2.44. The molecule has 0 saturated carbocycles. The summed E-state index contributed by atoms with van der Waals surface area (Å²) in [5, 5.41) is 8.66. The van der Waals surface area contributed by atoms with Gasteiger partial charge in [-0.15, -0.1) is 0 Å². The van der Waals surface area contributed by atoms with Crippen molar-refractivity contribution in [3.63, 3.8) is 0 Å². The SMILES string of the molecule is CN(Cc1ccc(C#CCO)cc1)C(=O)C1(C)CCCO1. The van der Waals surface area contributed by atoms with Crippen molar-refractivity contribution in [3.05, 3.63) is 35.4 Å². The van der Waals surface area contributed by atoms with Gasteiger partial charge in [0.2, 0.25) is 0 Å². The number of nitrogens with zero attached hydrogens (tertiary/aromatic N) is 1. The van der Waals surface area contributed by atoms with Gasteiger partial charge in [-0.3, -0.25) is 4.79 Å². The molecule has 1 saturated heterocycles. The first kappa shape index (κ1) is 15.6. The zero-order valence-corrected chi connectivity index (χ0v) is 12.6. The lowest BCUT2D eigenvalue weighted by molar-refractivity contribution is -0.150. The number of ether oxygens (including phenoxy) is 1. The van der Waals surface area contributed by atoms with Crippen LogP contribution in [0.2, 0.25) is 0 Å². The summed E-state index contributed by atoms with van der Waals surface area (Å²) in [5.41, 5.74) is 1.23. The monoisotopic (exact) mass is 287 g/mol. The Labute approximate surface area is 125 Å². The molecule has 112 valence electrons. The highest BCUT2D eigenvalue weighted by Crippen LogP contribution is 2.27. The summed E-state index contributed by atoms with van der Waals surface area (Å²) in [6.07, 6.45) is 1.72. The summed E-state index contributed by atoms with van der Waals surface area (Å²) in [5.74, 6) is 5.49. The second-order valence-electron chi connectivity index (χ2n) is 5.50. The van der Waals surface area contributed by atoms with Crippen LogP contribution in [0.1, 0.15) is 30.9 Å². The maximum atomic E-state index is 12.4. The van der Waals surface area contributed by atoms with E-state index < -0.39 is 5.60 Å². The van der Waals surface area contributed by atoms with Gasteiger partial charge in [-0.1, -0.05) is 24.0 Å². The van der Waals surface area contributed by atoms with Crippen molar-refractivity contribution in [1.29, 1.82) is 0 Å². The predicted molar refractivity (Wildman–Crippen MR) is 80.5 cm³/mol. The maximum Gasteiger partial charge on any atom is 0.254 e. The summed E-state index contributed by atoms with van der Waals surface area (Å²) in [7, 11) is 1.80. The summed E-state index contributed by atoms with van der Waals surface area (Å²) in [6.45, 7) is 2.93. The van der Waals surface area contributed by atoms with Crippen LogP contribution >= 0.6 is 0 Å². The van der Waals surface area contributed by atoms with Crippen molar-refractivity contribution >= 4 is 5.91 Å². The highest BCUT2D eigenvalue weighted by Gasteiger charge is 2.39. The van der Waals surface area contributed by atoms with E-state index in [1.54, 1.807) is 11.9 Å². The van der Waals surface area contributed by atoms with Gasteiger partial charge in [-0.05, 0) is 37.5 Å². The molecule has 2 rings (SSSR count). The van der Waals surface area contributed by atoms with Gasteiger partial charge in [0.05, 0.1) is 0 Å². The number of likely N-dealkylation sites (N-methyl/N-ethyl adjacent to an activating group) is 1. The highest BCUT2D eigenvalue weighted by atomic mass is 16.5. The first-order valence-electron chi connectivity index (χ1n) is 7.13. The fourth-order valence-corrected chi connectivity index (χ4v) is 2.53. The third-order valence-corrected chi connectivity index (χ3v) is 3.70. The van der Waals surface area contributed by atoms with Gasteiger partial charge in [-0.25, -0.2) is 0 Å². The molecule has 1 aliphatic heterocycles. The molecule has 0 aromatic heterocycles. The van der Waals surface area contributed by atoms with Gasteiger partial charge in [-0.2, -0.15) is 0 Å². The molecule has 0 spiro atoms. The van der Waals surface area contributed by atoms with E-state index in [0.717, 1.165) is 24.0 Å². The second-order valence-corrected chi connectivity index (χ2v) is 5.50. The number of hydrogen-bond acceptors (Lipinski definition) is 3. The van der Waals surface area contributed by atoms with Gasteiger partial charge in [0.15, 0.2) is 0 Å². The van der Waals surface area contributed by atoms with Gasteiger partial charge in [0.1, 0.15) is 12.2 Å². The van der Waals surface area contributed by atoms with Gasteiger partial charge in [0, 0.05) is 25.8 Å². The van der Waals surface area contributed by atoms with E-state index >= 15 is 0 Å². The predicted octanol–water partition coefficient (Wildman–Crippen LogP) is 1.56. The fraction of sp³-hybridized carbons (Fsp3) is 0.471. The Morgan fingerprint density at radius 1 is 1.43 bits per heavy atom. The number of rotatable bonds is 3. The van der Waals surface area contributed by atoms with Crippen molar-refractivity contribution in [2.24, 2.45) is 0 Å². The average Bonchev–Trinajstić information content (AvgIpc) is 2.93. The van der Waals surface area contributed by atoms with Crippen LogP contribution in [0.3, 0.4) is 0 Å². The number of aliphatic hydroxyl groups excluding tert-OH is 1. The lowest BCUT2D eigenvalue weighted by atomic mass is 10.0. The van der Waals surface area contributed by atoms with Crippen molar-refractivity contribution < 1.29 is 14.6 Å². The highest BCUT2D eigenvalue weighted by molar-refractivity contribution is 5.84. The molecule has 1 amide bonds. The molecule has 4 heteroatoms. The van der Waals surface area contributed by atoms with Crippen molar-refractivity contribution in [3.8, 4) is 11.8 Å². The Hall–Kier alpha value is -1.83. The molecule has 1 N–H and O–H groups in total. The van der Waals surface area contributed by atoms with E-state index in [2.05, 4.69) is 11.8 Å². The smallest absolute Gasteiger partial charge is 0.254 e. The van der Waals surface area contributed by atoms with E-state index in [-0.39, 0.29) is 12.5 Å². The molecular formula is C17H21NO3. The van der Waals surface area contributed by atoms with Crippen LogP contribution in [0.4, 0.5) is 0 Å². The Morgan fingerprint density at radius 3 is 2.71 bits per heavy atom. The first-order chi connectivity index (χ1) is 10.0. The van der Waals surface area contributed by atoms with E-state index in [1.807, 2.05) is 31.2 Å². The van der Waals surface area contributed by atoms with Gasteiger partial charge >= 0.3 is 0 Å². The number of aliphatic hydroxyl groups is 1. The fourth-order valence-electron chi connectivity index (χ4n) is 2.53. The second kappa shape index (κ2) is 6.75. The molecule has 1 aliphatic rings. The molecule has 1 heterocycles. The average molecular weight is 287 g/mol. The summed E-state index contributed by atoms with van der Waals surface area (Å²) in [4.78, 5) is 14.1. The molecule has 0 radical (unpaired) electrons. The molecule has 4 nitrogen and oxygen atoms in total. The van der Waals surface area contributed by atoms with Gasteiger partial charge < -0.3 is 14.7 Å². The standard InChI is InChI=1S/C17H21NO3/c1-17(10-4-12-21-17)16(20)18(2)13-15-8-6-14(7-9-15)5-3-11-19/h6-9,19H,4,10-13H2,1-2H3. The van der Waals surface area contributed by atoms with Crippen LogP contribution in [0.5, 0.6) is 0 Å².